The quantitative estimate of drug-likeness (QED) is 0.542. The minimum atomic E-state index is -0.163. The number of anilines is 2. The fourth-order valence-electron chi connectivity index (χ4n) is 3.48. The van der Waals surface area contributed by atoms with Crippen molar-refractivity contribution < 1.29 is 4.79 Å². The minimum absolute atomic E-state index is 0.163. The van der Waals surface area contributed by atoms with Gasteiger partial charge in [0.2, 0.25) is 6.41 Å². The second-order valence-electron chi connectivity index (χ2n) is 7.53. The molecule has 2 heterocycles. The van der Waals surface area contributed by atoms with Crippen molar-refractivity contribution in [3.05, 3.63) is 54.6 Å². The first-order valence-electron chi connectivity index (χ1n) is 8.77. The van der Waals surface area contributed by atoms with Crippen molar-refractivity contribution in [2.24, 2.45) is 0 Å². The molecule has 1 amide bonds. The van der Waals surface area contributed by atoms with Crippen LogP contribution in [0.1, 0.15) is 26.6 Å². The molecular weight excluding hydrogens is 338 g/mol. The average molecular weight is 359 g/mol. The van der Waals surface area contributed by atoms with Crippen molar-refractivity contribution in [2.45, 2.75) is 26.2 Å². The van der Waals surface area contributed by atoms with Crippen LogP contribution in [0, 0.1) is 0 Å². The highest BCUT2D eigenvalue weighted by Gasteiger charge is 2.25. The third-order valence-corrected chi connectivity index (χ3v) is 4.65. The number of nitrogens with two attached hydrogens (primary N) is 1. The molecule has 0 spiro atoms. The van der Waals surface area contributed by atoms with E-state index in [0.717, 1.165) is 39.1 Å². The molecule has 0 saturated carbocycles. The third-order valence-electron chi connectivity index (χ3n) is 4.65. The molecule has 2 aromatic carbocycles. The summed E-state index contributed by atoms with van der Waals surface area (Å²) in [6, 6.07) is 11.8. The zero-order valence-corrected chi connectivity index (χ0v) is 15.5. The number of fused-ring (bicyclic) bond motifs is 2. The van der Waals surface area contributed by atoms with Gasteiger partial charge < -0.3 is 11.1 Å². The predicted octanol–water partition coefficient (Wildman–Crippen LogP) is 4.00. The van der Waals surface area contributed by atoms with E-state index in [0.29, 0.717) is 12.2 Å². The maximum Gasteiger partial charge on any atom is 0.211 e. The van der Waals surface area contributed by atoms with E-state index in [1.165, 1.54) is 0 Å². The van der Waals surface area contributed by atoms with Gasteiger partial charge in [0.1, 0.15) is 22.9 Å². The number of carbonyl (C=O) groups is 1. The molecule has 136 valence electrons. The Labute approximate surface area is 157 Å². The highest BCUT2D eigenvalue weighted by Crippen LogP contribution is 2.37. The Bertz CT molecular complexity index is 1170. The van der Waals surface area contributed by atoms with Crippen LogP contribution < -0.4 is 11.1 Å². The van der Waals surface area contributed by atoms with Gasteiger partial charge in [0.25, 0.3) is 0 Å². The maximum atomic E-state index is 11.0. The van der Waals surface area contributed by atoms with Crippen LogP contribution >= 0.6 is 0 Å². The lowest BCUT2D eigenvalue weighted by molar-refractivity contribution is -0.105. The van der Waals surface area contributed by atoms with E-state index in [4.69, 9.17) is 10.7 Å². The standard InChI is InChI=1S/C21H21N5O/c1-21(2,3)20-25-17(18-19(22)23-10-11-26(18)20)15-8-9-16(24-12-27)14-7-5-4-6-13(14)15/h4-12H,1-3H3,(H2,22,23)(H,24,27). The highest BCUT2D eigenvalue weighted by atomic mass is 16.1. The zero-order valence-electron chi connectivity index (χ0n) is 15.5. The van der Waals surface area contributed by atoms with Gasteiger partial charge in [-0.1, -0.05) is 51.1 Å². The molecule has 0 atom stereocenters. The molecule has 0 aliphatic heterocycles. The molecule has 0 fully saturated rings. The summed E-state index contributed by atoms with van der Waals surface area (Å²) in [5, 5.41) is 4.70. The Morgan fingerprint density at radius 1 is 1.11 bits per heavy atom. The number of carbonyl (C=O) groups excluding carboxylic acids is 1. The molecule has 4 aromatic rings. The molecule has 27 heavy (non-hydrogen) atoms. The molecule has 0 unspecified atom stereocenters. The lowest BCUT2D eigenvalue weighted by Gasteiger charge is -2.16. The van der Waals surface area contributed by atoms with E-state index >= 15 is 0 Å². The van der Waals surface area contributed by atoms with E-state index in [-0.39, 0.29) is 5.41 Å². The summed E-state index contributed by atoms with van der Waals surface area (Å²) >= 11 is 0. The first kappa shape index (κ1) is 17.0. The van der Waals surface area contributed by atoms with Crippen molar-refractivity contribution in [3.8, 4) is 11.3 Å². The number of aromatic nitrogens is 3. The van der Waals surface area contributed by atoms with Crippen LogP contribution in [0.15, 0.2) is 48.8 Å². The van der Waals surface area contributed by atoms with E-state index in [2.05, 4.69) is 31.1 Å². The third kappa shape index (κ3) is 2.70. The van der Waals surface area contributed by atoms with Crippen LogP contribution in [0.3, 0.4) is 0 Å². The smallest absolute Gasteiger partial charge is 0.211 e. The molecular formula is C21H21N5O. The maximum absolute atomic E-state index is 11.0. The average Bonchev–Trinajstić information content (AvgIpc) is 3.03. The lowest BCUT2D eigenvalue weighted by atomic mass is 9.96. The summed E-state index contributed by atoms with van der Waals surface area (Å²) in [4.78, 5) is 20.2. The van der Waals surface area contributed by atoms with Crippen LogP contribution in [0.4, 0.5) is 11.5 Å². The largest absolute Gasteiger partial charge is 0.382 e. The van der Waals surface area contributed by atoms with Gasteiger partial charge in [0, 0.05) is 34.4 Å². The number of rotatable bonds is 3. The Morgan fingerprint density at radius 2 is 1.85 bits per heavy atom. The van der Waals surface area contributed by atoms with Gasteiger partial charge in [0.15, 0.2) is 0 Å². The monoisotopic (exact) mass is 359 g/mol. The fourth-order valence-corrected chi connectivity index (χ4v) is 3.48. The summed E-state index contributed by atoms with van der Waals surface area (Å²) in [5.41, 5.74) is 9.38. The number of nitrogen functional groups attached to an aromatic ring is 1. The van der Waals surface area contributed by atoms with E-state index in [1.54, 1.807) is 6.20 Å². The van der Waals surface area contributed by atoms with E-state index < -0.39 is 0 Å². The fraction of sp³-hybridized carbons (Fsp3) is 0.190. The lowest BCUT2D eigenvalue weighted by Crippen LogP contribution is -2.16. The summed E-state index contributed by atoms with van der Waals surface area (Å²) in [6.07, 6.45) is 4.28. The SMILES string of the molecule is CC(C)(C)c1nc(-c2ccc(NC=O)c3ccccc23)c2c(N)nccn12. The number of amides is 1. The predicted molar refractivity (Wildman–Crippen MR) is 109 cm³/mol. The Morgan fingerprint density at radius 3 is 2.56 bits per heavy atom. The van der Waals surface area contributed by atoms with Crippen molar-refractivity contribution in [1.29, 1.82) is 0 Å². The minimum Gasteiger partial charge on any atom is -0.382 e. The summed E-state index contributed by atoms with van der Waals surface area (Å²) in [7, 11) is 0. The summed E-state index contributed by atoms with van der Waals surface area (Å²) in [6.45, 7) is 6.37. The molecule has 0 radical (unpaired) electrons. The Balaban J connectivity index is 2.10. The summed E-state index contributed by atoms with van der Waals surface area (Å²) in [5.74, 6) is 1.36. The number of nitrogens with one attached hydrogen (secondary N) is 1. The number of imidazole rings is 1. The summed E-state index contributed by atoms with van der Waals surface area (Å²) < 4.78 is 2.02. The van der Waals surface area contributed by atoms with Crippen molar-refractivity contribution in [2.75, 3.05) is 11.1 Å². The first-order chi connectivity index (χ1) is 12.9. The first-order valence-corrected chi connectivity index (χ1v) is 8.77. The van der Waals surface area contributed by atoms with Crippen LogP contribution in [0.25, 0.3) is 27.5 Å². The number of benzene rings is 2. The van der Waals surface area contributed by atoms with Gasteiger partial charge in [-0.15, -0.1) is 0 Å². The van der Waals surface area contributed by atoms with Gasteiger partial charge in [-0.05, 0) is 11.5 Å². The normalized spacial score (nSPS) is 11.8. The molecule has 0 saturated heterocycles. The zero-order chi connectivity index (χ0) is 19.2. The van der Waals surface area contributed by atoms with Crippen LogP contribution in [-0.2, 0) is 10.2 Å². The van der Waals surface area contributed by atoms with Gasteiger partial charge in [-0.3, -0.25) is 9.20 Å². The molecule has 4 rings (SSSR count). The van der Waals surface area contributed by atoms with Crippen molar-refractivity contribution in [3.63, 3.8) is 0 Å². The molecule has 0 aliphatic rings. The number of hydrogen-bond donors (Lipinski definition) is 2. The highest BCUT2D eigenvalue weighted by molar-refractivity contribution is 6.07. The molecule has 6 nitrogen and oxygen atoms in total. The molecule has 3 N–H and O–H groups in total. The van der Waals surface area contributed by atoms with Gasteiger partial charge in [-0.2, -0.15) is 0 Å². The topological polar surface area (TPSA) is 85.3 Å². The Hall–Kier alpha value is -3.41. The second kappa shape index (κ2) is 6.09. The molecule has 0 aliphatic carbocycles. The van der Waals surface area contributed by atoms with Crippen molar-refractivity contribution in [1.82, 2.24) is 14.4 Å². The molecule has 0 bridgehead atoms. The molecule has 2 aromatic heterocycles. The van der Waals surface area contributed by atoms with Crippen molar-refractivity contribution >= 4 is 34.2 Å². The van der Waals surface area contributed by atoms with E-state index in [1.807, 2.05) is 47.0 Å². The molecule has 6 heteroatoms. The van der Waals surface area contributed by atoms with Crippen LogP contribution in [-0.4, -0.2) is 20.8 Å². The van der Waals surface area contributed by atoms with E-state index in [9.17, 15) is 4.79 Å². The van der Waals surface area contributed by atoms with Crippen LogP contribution in [0.5, 0.6) is 0 Å². The number of nitrogens with zero attached hydrogens (tertiary/aromatic N) is 3. The van der Waals surface area contributed by atoms with Crippen LogP contribution in [0.2, 0.25) is 0 Å². The second-order valence-corrected chi connectivity index (χ2v) is 7.53. The van der Waals surface area contributed by atoms with Gasteiger partial charge in [0.05, 0.1) is 0 Å². The van der Waals surface area contributed by atoms with Gasteiger partial charge >= 0.3 is 0 Å². The van der Waals surface area contributed by atoms with Gasteiger partial charge in [-0.25, -0.2) is 9.97 Å². The number of hydrogen-bond acceptors (Lipinski definition) is 4. The Kier molecular flexibility index (Phi) is 3.84.